The highest BCUT2D eigenvalue weighted by molar-refractivity contribution is 9.10. The Hall–Kier alpha value is -5.99. The second kappa shape index (κ2) is 44.6. The fourth-order valence-corrected chi connectivity index (χ4v) is 12.5. The highest BCUT2D eigenvalue weighted by atomic mass is 79.9. The van der Waals surface area contributed by atoms with Crippen molar-refractivity contribution in [3.8, 4) is 0 Å². The van der Waals surface area contributed by atoms with Crippen molar-refractivity contribution in [2.75, 3.05) is 96.9 Å². The van der Waals surface area contributed by atoms with Crippen molar-refractivity contribution in [1.82, 2.24) is 44.9 Å². The van der Waals surface area contributed by atoms with Crippen LogP contribution < -0.4 is 21.8 Å². The fraction of sp³-hybridized carbons (Fsp3) is 0.500. The lowest BCUT2D eigenvalue weighted by molar-refractivity contribution is -0.139. The lowest BCUT2D eigenvalue weighted by atomic mass is 9.75. The van der Waals surface area contributed by atoms with Gasteiger partial charge < -0.3 is 50.4 Å². The zero-order chi connectivity index (χ0) is 79.2. The quantitative estimate of drug-likeness (QED) is 0.0273. The standard InChI is InChI=1S/C18H25BF3NO3.C16H21ClN4.C12H13BrF3NO.C8H4BrF3O2.C8H4Cl2N2.C8H18N2.C4H11N/c1-7-23(8-2)15(24)12-9-10-14(13(11-12)18(20,21)22)19-25-16(3,4)17(5,6)26-19;17-16-11-15(13-12-18-7-5-14(13)20-16)19-6-4-10-21-8-2-1-3-9-21;1-3-17(4-2)11(18)8-5-6-10(13)9(7-8)12(14,15)16;9-6-2-1-4(7(13)14)3-5(6)8(10,11)12;9-6-3-8(10)12-7-1-2-11-4-5(6)7;9-5-4-8-10-6-2-1-3-7-10;1-3-5-4-2/h9-11H,7-8H2,1-6H3;5,7,11-12H,1-4,6,8-10H2,(H,19,20);5-7H,3-4H2,1-2H3;1-3H,(H,13,14);1-4H;1-9H2;5H,3-4H2,1-2H3. The number of hydrogen-bond donors (Lipinski definition) is 4. The van der Waals surface area contributed by atoms with Crippen molar-refractivity contribution in [2.45, 2.75) is 150 Å². The Morgan fingerprint density at radius 3 is 1.41 bits per heavy atom. The smallest absolute Gasteiger partial charge is 0.478 e. The number of amides is 2. The summed E-state index contributed by atoms with van der Waals surface area (Å²) in [6.07, 6.45) is 3.87. The monoisotopic (exact) mass is 1680 g/mol. The van der Waals surface area contributed by atoms with Gasteiger partial charge in [0.1, 0.15) is 10.3 Å². The molecule has 0 bridgehead atoms. The van der Waals surface area contributed by atoms with Crippen LogP contribution in [-0.4, -0.2) is 172 Å². The van der Waals surface area contributed by atoms with Crippen molar-refractivity contribution in [2.24, 2.45) is 5.73 Å². The minimum atomic E-state index is -4.63. The van der Waals surface area contributed by atoms with E-state index < -0.39 is 71.3 Å². The van der Waals surface area contributed by atoms with Gasteiger partial charge in [-0.05, 0) is 231 Å². The van der Waals surface area contributed by atoms with Gasteiger partial charge in [0.05, 0.1) is 49.5 Å². The van der Waals surface area contributed by atoms with Crippen LogP contribution in [0.1, 0.15) is 168 Å². The number of anilines is 1. The molecule has 7 aromatic rings. The molecule has 17 nitrogen and oxygen atoms in total. The van der Waals surface area contributed by atoms with Crippen molar-refractivity contribution < 1.29 is 68.3 Å². The number of rotatable bonds is 18. The van der Waals surface area contributed by atoms with E-state index in [1.807, 2.05) is 18.3 Å². The number of benzene rings is 3. The summed E-state index contributed by atoms with van der Waals surface area (Å²) >= 11 is 23.2. The van der Waals surface area contributed by atoms with Crippen LogP contribution in [0.5, 0.6) is 0 Å². The van der Waals surface area contributed by atoms with Crippen LogP contribution >= 0.6 is 66.7 Å². The molecule has 3 fully saturated rings. The topological polar surface area (TPSA) is 204 Å². The number of nitrogens with one attached hydrogen (secondary N) is 2. The number of hydrogen-bond acceptors (Lipinski definition) is 14. The van der Waals surface area contributed by atoms with E-state index in [4.69, 9.17) is 55.0 Å². The maximum absolute atomic E-state index is 13.7. The number of carbonyl (C=O) groups excluding carboxylic acids is 2. The van der Waals surface area contributed by atoms with Crippen LogP contribution in [0.3, 0.4) is 0 Å². The van der Waals surface area contributed by atoms with Gasteiger partial charge in [0.25, 0.3) is 11.8 Å². The van der Waals surface area contributed by atoms with Crippen LogP contribution in [0.15, 0.2) is 113 Å². The van der Waals surface area contributed by atoms with Gasteiger partial charge in [-0.25, -0.2) is 14.8 Å². The first-order chi connectivity index (χ1) is 49.9. The predicted molar refractivity (Wildman–Crippen MR) is 413 cm³/mol. The largest absolute Gasteiger partial charge is 0.495 e. The summed E-state index contributed by atoms with van der Waals surface area (Å²) < 4.78 is 127. The summed E-state index contributed by atoms with van der Waals surface area (Å²) in [6, 6.07) is 17.0. The average Bonchev–Trinajstić information content (AvgIpc) is 1.58. The number of piperidine rings is 2. The molecular weight excluding hydrogens is 1590 g/mol. The number of nitrogens with two attached hydrogens (primary N) is 1. The molecule has 0 spiro atoms. The van der Waals surface area contributed by atoms with Crippen molar-refractivity contribution >= 4 is 125 Å². The van der Waals surface area contributed by atoms with Gasteiger partial charge in [0, 0.05) is 94.0 Å². The van der Waals surface area contributed by atoms with Crippen LogP contribution in [0.2, 0.25) is 15.3 Å². The molecule has 2 amide bonds. The van der Waals surface area contributed by atoms with E-state index in [0.29, 0.717) is 47.6 Å². The van der Waals surface area contributed by atoms with Gasteiger partial charge in [-0.1, -0.05) is 99.4 Å². The third-order valence-electron chi connectivity index (χ3n) is 17.4. The molecule has 0 atom stereocenters. The average molecular weight is 1680 g/mol. The number of carboxylic acids is 1. The van der Waals surface area contributed by atoms with Crippen LogP contribution in [0, 0.1) is 0 Å². The van der Waals surface area contributed by atoms with Gasteiger partial charge in [-0.15, -0.1) is 0 Å². The maximum atomic E-state index is 13.7. The van der Waals surface area contributed by atoms with Gasteiger partial charge in [-0.2, -0.15) is 39.5 Å². The molecule has 3 aliphatic heterocycles. The number of carbonyl (C=O) groups is 3. The minimum absolute atomic E-state index is 0.00120. The van der Waals surface area contributed by atoms with Gasteiger partial charge in [0.15, 0.2) is 0 Å². The number of aromatic nitrogens is 4. The first-order valence-electron chi connectivity index (χ1n) is 35.1. The Labute approximate surface area is 648 Å². The number of halogens is 14. The van der Waals surface area contributed by atoms with Crippen LogP contribution in [0.25, 0.3) is 21.8 Å². The van der Waals surface area contributed by atoms with Crippen LogP contribution in [-0.2, 0) is 27.8 Å². The van der Waals surface area contributed by atoms with E-state index in [1.54, 1.807) is 86.1 Å². The molecular formula is C74H96BBr2Cl3F9N11O6. The molecule has 10 rings (SSSR count). The highest BCUT2D eigenvalue weighted by Gasteiger charge is 2.54. The molecule has 0 radical (unpaired) electrons. The van der Waals surface area contributed by atoms with Crippen molar-refractivity contribution in [3.05, 3.63) is 161 Å². The molecule has 106 heavy (non-hydrogen) atoms. The second-order valence-electron chi connectivity index (χ2n) is 25.4. The zero-order valence-electron chi connectivity index (χ0n) is 61.4. The summed E-state index contributed by atoms with van der Waals surface area (Å²) in [5, 5.41) is 18.4. The highest BCUT2D eigenvalue weighted by Crippen LogP contribution is 2.40. The number of carboxylic acid groups (broad SMARTS) is 1. The molecule has 3 aromatic carbocycles. The van der Waals surface area contributed by atoms with E-state index in [2.05, 4.69) is 86.1 Å². The molecule has 3 aliphatic rings. The Kier molecular flexibility index (Phi) is 38.9. The normalized spacial score (nSPS) is 14.9. The SMILES string of the molecule is CCN(CC)C(=O)c1ccc(B2OC(C)(C)C(C)(C)O2)c(C(F)(F)F)c1.CCN(CC)C(=O)c1ccc(Br)c(C(F)(F)F)c1.CCNCC.Clc1cc(Cl)c2cnccc2n1.Clc1cc(NCCCN2CCCCC2)c2cnccc2n1.NCCCN1CCCCC1.O=C(O)c1ccc(Br)c(C(F)(F)F)c1. The molecule has 0 aliphatic carbocycles. The predicted octanol–water partition coefficient (Wildman–Crippen LogP) is 18.5. The molecule has 0 unspecified atom stereocenters. The van der Waals surface area contributed by atoms with Gasteiger partial charge in [0.2, 0.25) is 0 Å². The molecule has 3 saturated heterocycles. The number of nitrogens with zero attached hydrogens (tertiary/aromatic N) is 8. The molecule has 0 saturated carbocycles. The zero-order valence-corrected chi connectivity index (χ0v) is 66.8. The summed E-state index contributed by atoms with van der Waals surface area (Å²) in [5.74, 6) is -2.21. The van der Waals surface area contributed by atoms with E-state index in [0.717, 1.165) is 84.4 Å². The van der Waals surface area contributed by atoms with E-state index in [-0.39, 0.29) is 31.1 Å². The van der Waals surface area contributed by atoms with Crippen LogP contribution in [0.4, 0.5) is 45.2 Å². The molecule has 4 aromatic heterocycles. The minimum Gasteiger partial charge on any atom is -0.478 e. The number of aromatic carboxylic acids is 1. The summed E-state index contributed by atoms with van der Waals surface area (Å²) in [7, 11) is -1.14. The fourth-order valence-electron chi connectivity index (χ4n) is 10.9. The number of fused-ring (bicyclic) bond motifs is 2. The second-order valence-corrected chi connectivity index (χ2v) is 28.3. The summed E-state index contributed by atoms with van der Waals surface area (Å²) in [4.78, 5) is 59.3. The first kappa shape index (κ1) is 92.4. The first-order valence-corrected chi connectivity index (χ1v) is 37.8. The molecule has 32 heteroatoms. The van der Waals surface area contributed by atoms with Crippen molar-refractivity contribution in [3.63, 3.8) is 0 Å². The van der Waals surface area contributed by atoms with E-state index in [9.17, 15) is 53.9 Å². The van der Waals surface area contributed by atoms with Gasteiger partial charge in [-0.3, -0.25) is 19.6 Å². The number of alkyl halides is 9. The number of pyridine rings is 4. The van der Waals surface area contributed by atoms with E-state index >= 15 is 0 Å². The third-order valence-corrected chi connectivity index (χ3v) is 19.5. The molecule has 584 valence electrons. The van der Waals surface area contributed by atoms with E-state index in [1.165, 1.54) is 118 Å². The summed E-state index contributed by atoms with van der Waals surface area (Å²) in [5.41, 5.74) is 3.40. The third kappa shape index (κ3) is 29.4. The Bertz CT molecular complexity index is 3870. The lowest BCUT2D eigenvalue weighted by Crippen LogP contribution is -2.41. The van der Waals surface area contributed by atoms with Gasteiger partial charge >= 0.3 is 31.6 Å². The maximum Gasteiger partial charge on any atom is 0.495 e. The number of likely N-dealkylation sites (tertiary alicyclic amines) is 2. The Balaban J connectivity index is 0.000000272. The van der Waals surface area contributed by atoms with Crippen molar-refractivity contribution in [1.29, 1.82) is 0 Å². The Morgan fingerprint density at radius 1 is 0.575 bits per heavy atom. The molecule has 5 N–H and O–H groups in total. The lowest BCUT2D eigenvalue weighted by Gasteiger charge is -2.32. The summed E-state index contributed by atoms with van der Waals surface area (Å²) in [6.45, 7) is 31.7. The Morgan fingerprint density at radius 2 is 0.981 bits per heavy atom. The molecule has 7 heterocycles.